The lowest BCUT2D eigenvalue weighted by Crippen LogP contribution is -2.33. The monoisotopic (exact) mass is 312 g/mol. The van der Waals surface area contributed by atoms with Gasteiger partial charge in [0.25, 0.3) is 0 Å². The topological polar surface area (TPSA) is 64.8 Å². The van der Waals surface area contributed by atoms with Gasteiger partial charge < -0.3 is 20.1 Å². The first-order valence-electron chi connectivity index (χ1n) is 7.10. The smallest absolute Gasteiger partial charge is 0.340 e. The molecule has 1 aromatic rings. The minimum absolute atomic E-state index is 0.170. The Labute approximate surface area is 130 Å². The van der Waals surface area contributed by atoms with Crippen molar-refractivity contribution >= 4 is 28.9 Å². The van der Waals surface area contributed by atoms with Crippen LogP contribution in [-0.4, -0.2) is 38.9 Å². The standard InChI is InChI=1S/C15H21ClN2O3/c1-3-18(9-11-5-4-6-21-11)14-12(15(19)20-2)7-10(17)8-13(14)16/h7-8,11H,3-6,9,17H2,1-2H3. The first kappa shape index (κ1) is 15.9. The number of rotatable bonds is 5. The van der Waals surface area contributed by atoms with Crippen LogP contribution in [0.25, 0.3) is 0 Å². The molecular weight excluding hydrogens is 292 g/mol. The zero-order valence-electron chi connectivity index (χ0n) is 12.4. The number of nitrogens with zero attached hydrogens (tertiary/aromatic N) is 1. The molecule has 0 saturated carbocycles. The summed E-state index contributed by atoms with van der Waals surface area (Å²) in [6, 6.07) is 3.26. The summed E-state index contributed by atoms with van der Waals surface area (Å²) in [5, 5.41) is 0.454. The van der Waals surface area contributed by atoms with Gasteiger partial charge in [-0.25, -0.2) is 4.79 Å². The summed E-state index contributed by atoms with van der Waals surface area (Å²) in [4.78, 5) is 14.0. The lowest BCUT2D eigenvalue weighted by Gasteiger charge is -2.28. The molecule has 2 N–H and O–H groups in total. The number of likely N-dealkylation sites (N-methyl/N-ethyl adjacent to an activating group) is 1. The van der Waals surface area contributed by atoms with Crippen LogP contribution in [0.1, 0.15) is 30.1 Å². The van der Waals surface area contributed by atoms with Crippen LogP contribution < -0.4 is 10.6 Å². The van der Waals surface area contributed by atoms with Gasteiger partial charge in [-0.1, -0.05) is 11.6 Å². The van der Waals surface area contributed by atoms with Crippen molar-refractivity contribution in [1.29, 1.82) is 0 Å². The molecule has 1 atom stereocenters. The zero-order valence-corrected chi connectivity index (χ0v) is 13.2. The van der Waals surface area contributed by atoms with E-state index in [-0.39, 0.29) is 6.10 Å². The van der Waals surface area contributed by atoms with Crippen molar-refractivity contribution in [1.82, 2.24) is 0 Å². The summed E-state index contributed by atoms with van der Waals surface area (Å²) in [6.07, 6.45) is 2.27. The van der Waals surface area contributed by atoms with Crippen molar-refractivity contribution in [3.05, 3.63) is 22.7 Å². The Kier molecular flexibility index (Phi) is 5.31. The number of carbonyl (C=O) groups is 1. The SMILES string of the molecule is CCN(CC1CCCO1)c1c(Cl)cc(N)cc1C(=O)OC. The number of esters is 1. The van der Waals surface area contributed by atoms with Crippen LogP contribution >= 0.6 is 11.6 Å². The number of nitrogen functional groups attached to an aromatic ring is 1. The fourth-order valence-corrected chi connectivity index (χ4v) is 2.97. The Morgan fingerprint density at radius 2 is 2.33 bits per heavy atom. The maximum Gasteiger partial charge on any atom is 0.340 e. The van der Waals surface area contributed by atoms with E-state index in [1.54, 1.807) is 12.1 Å². The molecule has 1 aliphatic heterocycles. The summed E-state index contributed by atoms with van der Waals surface area (Å²) in [7, 11) is 1.35. The van der Waals surface area contributed by atoms with E-state index in [0.29, 0.717) is 35.1 Å². The molecule has 0 spiro atoms. The number of methoxy groups -OCH3 is 1. The van der Waals surface area contributed by atoms with Crippen LogP contribution in [0.3, 0.4) is 0 Å². The first-order chi connectivity index (χ1) is 10.1. The molecular formula is C15H21ClN2O3. The van der Waals surface area contributed by atoms with Gasteiger partial charge in [-0.3, -0.25) is 0 Å². The molecule has 0 aliphatic carbocycles. The fourth-order valence-electron chi connectivity index (χ4n) is 2.62. The van der Waals surface area contributed by atoms with E-state index in [9.17, 15) is 4.79 Å². The van der Waals surface area contributed by atoms with Crippen LogP contribution in [-0.2, 0) is 9.47 Å². The number of hydrogen-bond acceptors (Lipinski definition) is 5. The van der Waals surface area contributed by atoms with E-state index in [1.807, 2.05) is 11.8 Å². The normalized spacial score (nSPS) is 17.8. The molecule has 1 aliphatic rings. The van der Waals surface area contributed by atoms with E-state index in [1.165, 1.54) is 7.11 Å². The van der Waals surface area contributed by atoms with Crippen LogP contribution in [0, 0.1) is 0 Å². The minimum Gasteiger partial charge on any atom is -0.465 e. The number of halogens is 1. The summed E-state index contributed by atoms with van der Waals surface area (Å²) in [6.45, 7) is 4.22. The average molecular weight is 313 g/mol. The van der Waals surface area contributed by atoms with E-state index in [2.05, 4.69) is 0 Å². The van der Waals surface area contributed by atoms with Gasteiger partial charge in [0.2, 0.25) is 0 Å². The molecule has 6 heteroatoms. The molecule has 0 radical (unpaired) electrons. The van der Waals surface area contributed by atoms with Crippen molar-refractivity contribution in [3.63, 3.8) is 0 Å². The van der Waals surface area contributed by atoms with Crippen LogP contribution in [0.2, 0.25) is 5.02 Å². The molecule has 0 bridgehead atoms. The van der Waals surface area contributed by atoms with Gasteiger partial charge in [0, 0.05) is 25.4 Å². The number of benzene rings is 1. The highest BCUT2D eigenvalue weighted by molar-refractivity contribution is 6.34. The van der Waals surface area contributed by atoms with Crippen molar-refractivity contribution in [3.8, 4) is 0 Å². The van der Waals surface area contributed by atoms with Crippen LogP contribution in [0.15, 0.2) is 12.1 Å². The van der Waals surface area contributed by atoms with Gasteiger partial charge >= 0.3 is 5.97 Å². The Hall–Kier alpha value is -1.46. The highest BCUT2D eigenvalue weighted by Crippen LogP contribution is 2.34. The van der Waals surface area contributed by atoms with Crippen LogP contribution in [0.5, 0.6) is 0 Å². The van der Waals surface area contributed by atoms with Gasteiger partial charge in [0.1, 0.15) is 0 Å². The van der Waals surface area contributed by atoms with Crippen molar-refractivity contribution in [2.75, 3.05) is 37.4 Å². The molecule has 0 amide bonds. The summed E-state index contributed by atoms with van der Waals surface area (Å²) in [5.74, 6) is -0.440. The summed E-state index contributed by atoms with van der Waals surface area (Å²) >= 11 is 6.32. The molecule has 1 aromatic carbocycles. The predicted octanol–water partition coefficient (Wildman–Crippen LogP) is 2.71. The number of nitrogens with two attached hydrogens (primary N) is 1. The van der Waals surface area contributed by atoms with Crippen molar-refractivity contribution in [2.24, 2.45) is 0 Å². The predicted molar refractivity (Wildman–Crippen MR) is 84.1 cm³/mol. The third kappa shape index (κ3) is 3.60. The Morgan fingerprint density at radius 1 is 1.57 bits per heavy atom. The average Bonchev–Trinajstić information content (AvgIpc) is 2.96. The maximum absolute atomic E-state index is 12.0. The zero-order chi connectivity index (χ0) is 15.4. The second-order valence-corrected chi connectivity index (χ2v) is 5.47. The highest BCUT2D eigenvalue weighted by Gasteiger charge is 2.24. The third-order valence-electron chi connectivity index (χ3n) is 3.64. The molecule has 1 saturated heterocycles. The maximum atomic E-state index is 12.0. The van der Waals surface area contributed by atoms with E-state index >= 15 is 0 Å². The largest absolute Gasteiger partial charge is 0.465 e. The quantitative estimate of drug-likeness (QED) is 0.669. The van der Waals surface area contributed by atoms with Gasteiger partial charge in [-0.2, -0.15) is 0 Å². The molecule has 0 aromatic heterocycles. The summed E-state index contributed by atoms with van der Waals surface area (Å²) < 4.78 is 10.5. The van der Waals surface area contributed by atoms with Crippen LogP contribution in [0.4, 0.5) is 11.4 Å². The molecule has 116 valence electrons. The Bertz CT molecular complexity index is 516. The molecule has 1 fully saturated rings. The molecule has 21 heavy (non-hydrogen) atoms. The lowest BCUT2D eigenvalue weighted by atomic mass is 10.1. The third-order valence-corrected chi connectivity index (χ3v) is 3.93. The highest BCUT2D eigenvalue weighted by atomic mass is 35.5. The number of anilines is 2. The number of hydrogen-bond donors (Lipinski definition) is 1. The fraction of sp³-hybridized carbons (Fsp3) is 0.533. The van der Waals surface area contributed by atoms with Gasteiger partial charge in [0.05, 0.1) is 29.5 Å². The second-order valence-electron chi connectivity index (χ2n) is 5.06. The number of ether oxygens (including phenoxy) is 2. The Balaban J connectivity index is 2.36. The van der Waals surface area contributed by atoms with E-state index in [4.69, 9.17) is 26.8 Å². The van der Waals surface area contributed by atoms with Gasteiger partial charge in [0.15, 0.2) is 0 Å². The molecule has 1 heterocycles. The van der Waals surface area contributed by atoms with Gasteiger partial charge in [-0.15, -0.1) is 0 Å². The summed E-state index contributed by atoms with van der Waals surface area (Å²) in [5.41, 5.74) is 7.29. The van der Waals surface area contributed by atoms with Gasteiger partial charge in [-0.05, 0) is 31.9 Å². The minimum atomic E-state index is -0.440. The van der Waals surface area contributed by atoms with Crippen molar-refractivity contribution in [2.45, 2.75) is 25.9 Å². The number of carbonyl (C=O) groups excluding carboxylic acids is 1. The molecule has 1 unspecified atom stereocenters. The van der Waals surface area contributed by atoms with E-state index < -0.39 is 5.97 Å². The first-order valence-corrected chi connectivity index (χ1v) is 7.48. The van der Waals surface area contributed by atoms with E-state index in [0.717, 1.165) is 19.4 Å². The molecule has 2 rings (SSSR count). The Morgan fingerprint density at radius 3 is 2.90 bits per heavy atom. The molecule has 5 nitrogen and oxygen atoms in total. The second kappa shape index (κ2) is 7.00. The van der Waals surface area contributed by atoms with Crippen molar-refractivity contribution < 1.29 is 14.3 Å². The lowest BCUT2D eigenvalue weighted by molar-refractivity contribution is 0.0601.